The van der Waals surface area contributed by atoms with E-state index >= 15 is 0 Å². The van der Waals surface area contributed by atoms with Gasteiger partial charge in [-0.25, -0.2) is 0 Å². The predicted molar refractivity (Wildman–Crippen MR) is 119 cm³/mol. The summed E-state index contributed by atoms with van der Waals surface area (Å²) in [6.45, 7) is 4.69. The van der Waals surface area contributed by atoms with Crippen LogP contribution >= 0.6 is 11.8 Å². The third-order valence-electron chi connectivity index (χ3n) is 5.21. The molecule has 1 heterocycles. The Morgan fingerprint density at radius 3 is 2.50 bits per heavy atom. The van der Waals surface area contributed by atoms with E-state index < -0.39 is 0 Å². The summed E-state index contributed by atoms with van der Waals surface area (Å²) in [6, 6.07) is 14.7. The first kappa shape index (κ1) is 20.7. The van der Waals surface area contributed by atoms with Crippen LogP contribution in [0.25, 0.3) is 12.2 Å². The third-order valence-corrected chi connectivity index (χ3v) is 6.39. The van der Waals surface area contributed by atoms with Crippen LogP contribution in [0.15, 0.2) is 52.3 Å². The fourth-order valence-electron chi connectivity index (χ4n) is 3.38. The maximum atomic E-state index is 12.4. The van der Waals surface area contributed by atoms with Crippen LogP contribution in [0.1, 0.15) is 75.0 Å². The standard InChI is InChI=1S/C25H30O2S/c1-3-4-5-6-7-10-17-27-25(26)19(2)21-15-16-24-22(18-21)14-13-20-11-8-9-12-23(20)28-24/h8-9,11-16,18-19H,3-7,10,17H2,1-2H3. The zero-order valence-electron chi connectivity index (χ0n) is 16.9. The van der Waals surface area contributed by atoms with Crippen LogP contribution in [-0.2, 0) is 9.53 Å². The molecule has 0 fully saturated rings. The summed E-state index contributed by atoms with van der Waals surface area (Å²) >= 11 is 1.78. The highest BCUT2D eigenvalue weighted by atomic mass is 32.2. The lowest BCUT2D eigenvalue weighted by atomic mass is 9.98. The van der Waals surface area contributed by atoms with Crippen LogP contribution in [0.2, 0.25) is 0 Å². The summed E-state index contributed by atoms with van der Waals surface area (Å²) in [5.41, 5.74) is 3.41. The predicted octanol–water partition coefficient (Wildman–Crippen LogP) is 7.33. The van der Waals surface area contributed by atoms with E-state index in [1.165, 1.54) is 41.0 Å². The van der Waals surface area contributed by atoms with Gasteiger partial charge in [0.15, 0.2) is 0 Å². The Hall–Kier alpha value is -2.00. The van der Waals surface area contributed by atoms with Gasteiger partial charge in [-0.15, -0.1) is 0 Å². The van der Waals surface area contributed by atoms with Crippen molar-refractivity contribution in [3.8, 4) is 0 Å². The van der Waals surface area contributed by atoms with Crippen LogP contribution in [0, 0.1) is 0 Å². The van der Waals surface area contributed by atoms with Gasteiger partial charge in [-0.2, -0.15) is 0 Å². The molecule has 0 spiro atoms. The average molecular weight is 395 g/mol. The fourth-order valence-corrected chi connectivity index (χ4v) is 4.40. The molecular weight excluding hydrogens is 364 g/mol. The molecule has 0 saturated carbocycles. The molecule has 148 valence electrons. The van der Waals surface area contributed by atoms with Crippen molar-refractivity contribution in [1.29, 1.82) is 0 Å². The molecule has 2 aromatic rings. The average Bonchev–Trinajstić information content (AvgIpc) is 2.91. The molecule has 0 amide bonds. The lowest BCUT2D eigenvalue weighted by Crippen LogP contribution is -2.14. The Morgan fingerprint density at radius 1 is 0.929 bits per heavy atom. The molecule has 1 atom stereocenters. The molecule has 1 aliphatic heterocycles. The minimum atomic E-state index is -0.241. The lowest BCUT2D eigenvalue weighted by Gasteiger charge is -2.14. The highest BCUT2D eigenvalue weighted by Crippen LogP contribution is 2.38. The van der Waals surface area contributed by atoms with Crippen molar-refractivity contribution in [2.45, 2.75) is 68.1 Å². The molecule has 1 unspecified atom stereocenters. The van der Waals surface area contributed by atoms with Gasteiger partial charge in [0.05, 0.1) is 12.5 Å². The van der Waals surface area contributed by atoms with E-state index in [4.69, 9.17) is 4.74 Å². The first-order valence-corrected chi connectivity index (χ1v) is 11.3. The van der Waals surface area contributed by atoms with Crippen molar-refractivity contribution in [3.63, 3.8) is 0 Å². The van der Waals surface area contributed by atoms with E-state index in [2.05, 4.69) is 61.5 Å². The van der Waals surface area contributed by atoms with Crippen molar-refractivity contribution >= 4 is 29.9 Å². The number of benzene rings is 2. The highest BCUT2D eigenvalue weighted by molar-refractivity contribution is 7.99. The van der Waals surface area contributed by atoms with E-state index in [9.17, 15) is 4.79 Å². The monoisotopic (exact) mass is 394 g/mol. The Bertz CT molecular complexity index is 825. The summed E-state index contributed by atoms with van der Waals surface area (Å²) in [6.07, 6.45) is 11.5. The van der Waals surface area contributed by atoms with Gasteiger partial charge in [-0.1, -0.05) is 87.2 Å². The molecule has 0 radical (unpaired) electrons. The lowest BCUT2D eigenvalue weighted by molar-refractivity contribution is -0.145. The largest absolute Gasteiger partial charge is 0.465 e. The second kappa shape index (κ2) is 10.5. The maximum Gasteiger partial charge on any atom is 0.313 e. The molecule has 3 rings (SSSR count). The Morgan fingerprint density at radius 2 is 1.64 bits per heavy atom. The van der Waals surface area contributed by atoms with Crippen LogP contribution in [-0.4, -0.2) is 12.6 Å². The molecule has 2 aromatic carbocycles. The first-order valence-electron chi connectivity index (χ1n) is 10.4. The Kier molecular flexibility index (Phi) is 7.79. The molecule has 0 aromatic heterocycles. The number of carbonyl (C=O) groups is 1. The van der Waals surface area contributed by atoms with Gasteiger partial charge in [-0.05, 0) is 48.2 Å². The van der Waals surface area contributed by atoms with Crippen LogP contribution < -0.4 is 0 Å². The zero-order valence-corrected chi connectivity index (χ0v) is 17.8. The molecule has 3 heteroatoms. The van der Waals surface area contributed by atoms with Gasteiger partial charge < -0.3 is 4.74 Å². The molecule has 28 heavy (non-hydrogen) atoms. The van der Waals surface area contributed by atoms with Gasteiger partial charge in [0.2, 0.25) is 0 Å². The maximum absolute atomic E-state index is 12.4. The summed E-state index contributed by atoms with van der Waals surface area (Å²) in [5.74, 6) is -0.364. The third kappa shape index (κ3) is 5.51. The van der Waals surface area contributed by atoms with Crippen molar-refractivity contribution in [2.75, 3.05) is 6.61 Å². The number of esters is 1. The molecule has 0 saturated heterocycles. The number of carbonyl (C=O) groups excluding carboxylic acids is 1. The van der Waals surface area contributed by atoms with Gasteiger partial charge in [0, 0.05) is 9.79 Å². The number of fused-ring (bicyclic) bond motifs is 2. The van der Waals surface area contributed by atoms with Gasteiger partial charge in [0.1, 0.15) is 0 Å². The first-order chi connectivity index (χ1) is 13.7. The van der Waals surface area contributed by atoms with Crippen molar-refractivity contribution in [1.82, 2.24) is 0 Å². The molecule has 0 N–H and O–H groups in total. The molecule has 0 aliphatic carbocycles. The van der Waals surface area contributed by atoms with Crippen molar-refractivity contribution in [3.05, 3.63) is 59.2 Å². The molecule has 2 nitrogen and oxygen atoms in total. The van der Waals surface area contributed by atoms with Crippen molar-refractivity contribution < 1.29 is 9.53 Å². The SMILES string of the molecule is CCCCCCCCOC(=O)C(C)c1ccc2c(c1)C=Cc1ccccc1S2. The number of hydrogen-bond donors (Lipinski definition) is 0. The van der Waals surface area contributed by atoms with Gasteiger partial charge >= 0.3 is 5.97 Å². The topological polar surface area (TPSA) is 26.3 Å². The highest BCUT2D eigenvalue weighted by Gasteiger charge is 2.19. The fraction of sp³-hybridized carbons (Fsp3) is 0.400. The number of ether oxygens (including phenoxy) is 1. The van der Waals surface area contributed by atoms with Crippen LogP contribution in [0.3, 0.4) is 0 Å². The molecule has 1 aliphatic rings. The number of hydrogen-bond acceptors (Lipinski definition) is 3. The quantitative estimate of drug-likeness (QED) is 0.281. The summed E-state index contributed by atoms with van der Waals surface area (Å²) in [7, 11) is 0. The second-order valence-electron chi connectivity index (χ2n) is 7.43. The van der Waals surface area contributed by atoms with Crippen LogP contribution in [0.5, 0.6) is 0 Å². The van der Waals surface area contributed by atoms with E-state index in [0.717, 1.165) is 24.0 Å². The minimum absolute atomic E-state index is 0.123. The van der Waals surface area contributed by atoms with Crippen LogP contribution in [0.4, 0.5) is 0 Å². The smallest absolute Gasteiger partial charge is 0.313 e. The number of rotatable bonds is 9. The van der Waals surface area contributed by atoms with Gasteiger partial charge in [-0.3, -0.25) is 4.79 Å². The zero-order chi connectivity index (χ0) is 19.8. The minimum Gasteiger partial charge on any atom is -0.465 e. The van der Waals surface area contributed by atoms with E-state index in [1.54, 1.807) is 11.8 Å². The Labute approximate surface area is 173 Å². The number of unbranched alkanes of at least 4 members (excludes halogenated alkanes) is 5. The van der Waals surface area contributed by atoms with E-state index in [0.29, 0.717) is 6.61 Å². The summed E-state index contributed by atoms with van der Waals surface area (Å²) in [4.78, 5) is 14.9. The van der Waals surface area contributed by atoms with E-state index in [1.807, 2.05) is 6.92 Å². The summed E-state index contributed by atoms with van der Waals surface area (Å²) < 4.78 is 5.52. The normalized spacial score (nSPS) is 13.4. The van der Waals surface area contributed by atoms with Crippen molar-refractivity contribution in [2.24, 2.45) is 0 Å². The molecule has 0 bridgehead atoms. The Balaban J connectivity index is 1.56. The molecular formula is C25H30O2S. The summed E-state index contributed by atoms with van der Waals surface area (Å²) in [5, 5.41) is 0. The second-order valence-corrected chi connectivity index (χ2v) is 8.51. The van der Waals surface area contributed by atoms with E-state index in [-0.39, 0.29) is 11.9 Å². The van der Waals surface area contributed by atoms with Gasteiger partial charge in [0.25, 0.3) is 0 Å².